The number of hydrogen-bond donors (Lipinski definition) is 1. The number of halogens is 1. The summed E-state index contributed by atoms with van der Waals surface area (Å²) in [4.78, 5) is 0. The zero-order valence-corrected chi connectivity index (χ0v) is 10.8. The van der Waals surface area contributed by atoms with Crippen LogP contribution in [0.3, 0.4) is 0 Å². The summed E-state index contributed by atoms with van der Waals surface area (Å²) >= 11 is 0. The van der Waals surface area contributed by atoms with E-state index < -0.39 is 11.9 Å². The quantitative estimate of drug-likeness (QED) is 0.791. The smallest absolute Gasteiger partial charge is 0.170 e. The van der Waals surface area contributed by atoms with Crippen LogP contribution in [0, 0.1) is 5.82 Å². The fraction of sp³-hybridized carbons (Fsp3) is 0.125. The summed E-state index contributed by atoms with van der Waals surface area (Å²) in [6.07, 6.45) is -0.961. The van der Waals surface area contributed by atoms with Crippen molar-refractivity contribution in [2.45, 2.75) is 6.10 Å². The molecule has 20 heavy (non-hydrogen) atoms. The van der Waals surface area contributed by atoms with Gasteiger partial charge in [0.1, 0.15) is 17.6 Å². The van der Waals surface area contributed by atoms with Crippen molar-refractivity contribution in [1.29, 1.82) is 0 Å². The molecule has 0 saturated heterocycles. The third-order valence-electron chi connectivity index (χ3n) is 3.19. The van der Waals surface area contributed by atoms with Crippen molar-refractivity contribution < 1.29 is 18.7 Å². The molecule has 0 aliphatic rings. The zero-order chi connectivity index (χ0) is 14.1. The largest absolute Gasteiger partial charge is 0.497 e. The first-order valence-electron chi connectivity index (χ1n) is 6.19. The zero-order valence-electron chi connectivity index (χ0n) is 10.8. The Labute approximate surface area is 115 Å². The number of hydrogen-bond acceptors (Lipinski definition) is 3. The Bertz CT molecular complexity index is 748. The van der Waals surface area contributed by atoms with Gasteiger partial charge in [0.2, 0.25) is 0 Å². The number of ether oxygens (including phenoxy) is 1. The Morgan fingerprint density at radius 1 is 1.15 bits per heavy atom. The molecule has 1 atom stereocenters. The summed E-state index contributed by atoms with van der Waals surface area (Å²) in [6, 6.07) is 13.4. The van der Waals surface area contributed by atoms with Crippen molar-refractivity contribution in [3.05, 3.63) is 65.7 Å². The first-order valence-corrected chi connectivity index (χ1v) is 6.19. The number of methoxy groups -OCH3 is 1. The van der Waals surface area contributed by atoms with Gasteiger partial charge >= 0.3 is 0 Å². The van der Waals surface area contributed by atoms with E-state index in [1.165, 1.54) is 6.07 Å². The van der Waals surface area contributed by atoms with Gasteiger partial charge in [-0.15, -0.1) is 0 Å². The topological polar surface area (TPSA) is 42.6 Å². The van der Waals surface area contributed by atoms with E-state index in [0.29, 0.717) is 22.5 Å². The van der Waals surface area contributed by atoms with Crippen molar-refractivity contribution >= 4 is 11.0 Å². The van der Waals surface area contributed by atoms with Gasteiger partial charge in [-0.2, -0.15) is 0 Å². The Hall–Kier alpha value is -2.33. The average Bonchev–Trinajstić information content (AvgIpc) is 2.92. The van der Waals surface area contributed by atoms with Gasteiger partial charge in [0.05, 0.1) is 7.11 Å². The van der Waals surface area contributed by atoms with Crippen LogP contribution in [0.2, 0.25) is 0 Å². The second kappa shape index (κ2) is 4.98. The number of rotatable bonds is 3. The highest BCUT2D eigenvalue weighted by Crippen LogP contribution is 2.30. The monoisotopic (exact) mass is 272 g/mol. The van der Waals surface area contributed by atoms with Crippen molar-refractivity contribution in [2.75, 3.05) is 7.11 Å². The van der Waals surface area contributed by atoms with Gasteiger partial charge in [-0.1, -0.05) is 24.3 Å². The lowest BCUT2D eigenvalue weighted by atomic mass is 10.1. The lowest BCUT2D eigenvalue weighted by Crippen LogP contribution is -1.98. The van der Waals surface area contributed by atoms with E-state index >= 15 is 0 Å². The van der Waals surface area contributed by atoms with E-state index in [-0.39, 0.29) is 5.58 Å². The maximum Gasteiger partial charge on any atom is 0.170 e. The highest BCUT2D eigenvalue weighted by Gasteiger charge is 2.17. The lowest BCUT2D eigenvalue weighted by molar-refractivity contribution is 0.191. The summed E-state index contributed by atoms with van der Waals surface area (Å²) in [7, 11) is 1.56. The molecule has 0 aliphatic heterocycles. The molecule has 4 heteroatoms. The summed E-state index contributed by atoms with van der Waals surface area (Å²) in [5.74, 6) is 0.508. The molecule has 0 radical (unpaired) electrons. The van der Waals surface area contributed by atoms with Crippen molar-refractivity contribution in [2.24, 2.45) is 0 Å². The van der Waals surface area contributed by atoms with Gasteiger partial charge in [0.15, 0.2) is 11.4 Å². The van der Waals surface area contributed by atoms with Crippen LogP contribution < -0.4 is 4.74 Å². The van der Waals surface area contributed by atoms with E-state index in [1.54, 1.807) is 49.6 Å². The van der Waals surface area contributed by atoms with Crippen LogP contribution in [-0.4, -0.2) is 12.2 Å². The molecule has 0 saturated carbocycles. The number of aliphatic hydroxyl groups is 1. The van der Waals surface area contributed by atoms with Crippen LogP contribution in [-0.2, 0) is 0 Å². The van der Waals surface area contributed by atoms with Crippen LogP contribution in [0.1, 0.15) is 17.4 Å². The minimum absolute atomic E-state index is 0.157. The van der Waals surface area contributed by atoms with Crippen LogP contribution >= 0.6 is 0 Å². The molecule has 3 rings (SSSR count). The molecule has 102 valence electrons. The summed E-state index contributed by atoms with van der Waals surface area (Å²) in [5.41, 5.74) is 0.785. The SMILES string of the molecule is COc1cccc(C(O)c2cc3cccc(F)c3o2)c1. The van der Waals surface area contributed by atoms with Gasteiger partial charge in [-0.25, -0.2) is 4.39 Å². The van der Waals surface area contributed by atoms with Gasteiger partial charge in [-0.3, -0.25) is 0 Å². The summed E-state index contributed by atoms with van der Waals surface area (Å²) in [5, 5.41) is 11.0. The molecule has 0 amide bonds. The lowest BCUT2D eigenvalue weighted by Gasteiger charge is -2.09. The number of fused-ring (bicyclic) bond motifs is 1. The van der Waals surface area contributed by atoms with Crippen LogP contribution in [0.15, 0.2) is 52.9 Å². The minimum Gasteiger partial charge on any atom is -0.497 e. The van der Waals surface area contributed by atoms with Gasteiger partial charge in [0, 0.05) is 5.39 Å². The van der Waals surface area contributed by atoms with E-state index in [2.05, 4.69) is 0 Å². The predicted molar refractivity (Wildman–Crippen MR) is 73.2 cm³/mol. The predicted octanol–water partition coefficient (Wildman–Crippen LogP) is 3.66. The van der Waals surface area contributed by atoms with Crippen molar-refractivity contribution in [3.8, 4) is 5.75 Å². The highest BCUT2D eigenvalue weighted by molar-refractivity contribution is 5.78. The Morgan fingerprint density at radius 3 is 2.70 bits per heavy atom. The van der Waals surface area contributed by atoms with Gasteiger partial charge in [-0.05, 0) is 29.8 Å². The molecule has 1 heterocycles. The Balaban J connectivity index is 2.03. The molecule has 3 aromatic rings. The molecular weight excluding hydrogens is 259 g/mol. The normalized spacial score (nSPS) is 12.6. The van der Waals surface area contributed by atoms with Crippen molar-refractivity contribution in [1.82, 2.24) is 0 Å². The molecule has 1 N–H and O–H groups in total. The van der Waals surface area contributed by atoms with Gasteiger partial charge < -0.3 is 14.3 Å². The van der Waals surface area contributed by atoms with E-state index in [1.807, 2.05) is 0 Å². The molecule has 0 bridgehead atoms. The van der Waals surface area contributed by atoms with Crippen LogP contribution in [0.25, 0.3) is 11.0 Å². The molecule has 1 unspecified atom stereocenters. The molecule has 0 spiro atoms. The maximum absolute atomic E-state index is 13.6. The maximum atomic E-state index is 13.6. The molecule has 3 nitrogen and oxygen atoms in total. The average molecular weight is 272 g/mol. The van der Waals surface area contributed by atoms with E-state index in [9.17, 15) is 9.50 Å². The molecule has 2 aromatic carbocycles. The molecule has 1 aromatic heterocycles. The molecule has 0 aliphatic carbocycles. The summed E-state index contributed by atoms with van der Waals surface area (Å²) < 4.78 is 24.1. The first kappa shape index (κ1) is 12.7. The number of aliphatic hydroxyl groups excluding tert-OH is 1. The fourth-order valence-corrected chi connectivity index (χ4v) is 2.16. The van der Waals surface area contributed by atoms with Crippen LogP contribution in [0.4, 0.5) is 4.39 Å². The first-order chi connectivity index (χ1) is 9.69. The Kier molecular flexibility index (Phi) is 3.16. The molecule has 0 fully saturated rings. The molecular formula is C16H13FO3. The minimum atomic E-state index is -0.961. The second-order valence-electron chi connectivity index (χ2n) is 4.49. The second-order valence-corrected chi connectivity index (χ2v) is 4.49. The standard InChI is InChI=1S/C16H13FO3/c1-19-12-6-2-4-10(8-12)15(18)14-9-11-5-3-7-13(17)16(11)20-14/h2-9,15,18H,1H3. The third-order valence-corrected chi connectivity index (χ3v) is 3.19. The van der Waals surface area contributed by atoms with Gasteiger partial charge in [0.25, 0.3) is 0 Å². The summed E-state index contributed by atoms with van der Waals surface area (Å²) in [6.45, 7) is 0. The third kappa shape index (κ3) is 2.14. The van der Waals surface area contributed by atoms with E-state index in [0.717, 1.165) is 0 Å². The van der Waals surface area contributed by atoms with E-state index in [4.69, 9.17) is 9.15 Å². The van der Waals surface area contributed by atoms with Crippen molar-refractivity contribution in [3.63, 3.8) is 0 Å². The number of para-hydroxylation sites is 1. The fourth-order valence-electron chi connectivity index (χ4n) is 2.16. The highest BCUT2D eigenvalue weighted by atomic mass is 19.1. The van der Waals surface area contributed by atoms with Crippen LogP contribution in [0.5, 0.6) is 5.75 Å². The number of benzene rings is 2. The Morgan fingerprint density at radius 2 is 1.95 bits per heavy atom. The number of furan rings is 1.